The Labute approximate surface area is 113 Å². The molecular formula is C16H20O3. The van der Waals surface area contributed by atoms with E-state index in [0.717, 1.165) is 29.4 Å². The Morgan fingerprint density at radius 3 is 2.84 bits per heavy atom. The zero-order valence-electron chi connectivity index (χ0n) is 11.4. The van der Waals surface area contributed by atoms with Gasteiger partial charge in [-0.15, -0.1) is 0 Å². The molecule has 1 aromatic carbocycles. The minimum Gasteiger partial charge on any atom is -0.458 e. The maximum Gasteiger partial charge on any atom is 0.138 e. The topological polar surface area (TPSA) is 42.6 Å². The van der Waals surface area contributed by atoms with E-state index in [-0.39, 0.29) is 6.10 Å². The minimum atomic E-state index is -0.667. The van der Waals surface area contributed by atoms with E-state index in [1.54, 1.807) is 0 Å². The Balaban J connectivity index is 1.91. The molecule has 2 atom stereocenters. The third kappa shape index (κ3) is 2.40. The molecule has 3 nitrogen and oxygen atoms in total. The molecular weight excluding hydrogens is 240 g/mol. The molecule has 2 aromatic rings. The van der Waals surface area contributed by atoms with Gasteiger partial charge in [0.2, 0.25) is 0 Å². The summed E-state index contributed by atoms with van der Waals surface area (Å²) in [6, 6.07) is 7.96. The number of ether oxygens (including phenoxy) is 1. The van der Waals surface area contributed by atoms with Gasteiger partial charge in [0.1, 0.15) is 17.4 Å². The van der Waals surface area contributed by atoms with Crippen molar-refractivity contribution in [3.05, 3.63) is 35.6 Å². The van der Waals surface area contributed by atoms with Gasteiger partial charge in [-0.25, -0.2) is 0 Å². The Morgan fingerprint density at radius 1 is 1.42 bits per heavy atom. The molecule has 2 unspecified atom stereocenters. The maximum absolute atomic E-state index is 10.5. The van der Waals surface area contributed by atoms with E-state index >= 15 is 0 Å². The number of benzene rings is 1. The number of rotatable bonds is 5. The Morgan fingerprint density at radius 2 is 2.21 bits per heavy atom. The molecule has 0 spiro atoms. The summed E-state index contributed by atoms with van der Waals surface area (Å²) in [4.78, 5) is 0. The van der Waals surface area contributed by atoms with Gasteiger partial charge in [0, 0.05) is 12.0 Å². The van der Waals surface area contributed by atoms with Crippen molar-refractivity contribution in [2.45, 2.75) is 38.9 Å². The number of hydrogen-bond donors (Lipinski definition) is 1. The number of aliphatic hydroxyl groups excluding tert-OH is 1. The van der Waals surface area contributed by atoms with Crippen molar-refractivity contribution >= 4 is 11.0 Å². The highest BCUT2D eigenvalue weighted by molar-refractivity contribution is 5.80. The molecule has 0 bridgehead atoms. The van der Waals surface area contributed by atoms with Gasteiger partial charge in [0.15, 0.2) is 0 Å². The maximum atomic E-state index is 10.5. The number of aryl methyl sites for hydroxylation is 1. The highest BCUT2D eigenvalue weighted by Gasteiger charge is 2.38. The summed E-state index contributed by atoms with van der Waals surface area (Å²) >= 11 is 0. The summed E-state index contributed by atoms with van der Waals surface area (Å²) in [5.74, 6) is 1.10. The van der Waals surface area contributed by atoms with Gasteiger partial charge >= 0.3 is 0 Å². The average molecular weight is 260 g/mol. The molecule has 0 radical (unpaired) electrons. The van der Waals surface area contributed by atoms with Crippen LogP contribution < -0.4 is 0 Å². The lowest BCUT2D eigenvalue weighted by atomic mass is 10.1. The lowest BCUT2D eigenvalue weighted by Crippen LogP contribution is -2.24. The third-order valence-corrected chi connectivity index (χ3v) is 3.81. The highest BCUT2D eigenvalue weighted by atomic mass is 16.5. The van der Waals surface area contributed by atoms with Gasteiger partial charge in [-0.3, -0.25) is 0 Å². The Hall–Kier alpha value is -1.32. The summed E-state index contributed by atoms with van der Waals surface area (Å²) in [6.07, 6.45) is 1.48. The second kappa shape index (κ2) is 4.99. The monoisotopic (exact) mass is 260 g/mol. The molecule has 3 heteroatoms. The van der Waals surface area contributed by atoms with Gasteiger partial charge in [0.25, 0.3) is 0 Å². The van der Waals surface area contributed by atoms with Crippen molar-refractivity contribution in [1.29, 1.82) is 0 Å². The molecule has 0 amide bonds. The van der Waals surface area contributed by atoms with Crippen LogP contribution in [0.3, 0.4) is 0 Å². The van der Waals surface area contributed by atoms with E-state index in [4.69, 9.17) is 9.15 Å². The van der Waals surface area contributed by atoms with E-state index in [1.165, 1.54) is 0 Å². The van der Waals surface area contributed by atoms with Gasteiger partial charge in [-0.05, 0) is 44.2 Å². The van der Waals surface area contributed by atoms with Crippen LogP contribution in [-0.2, 0) is 4.74 Å². The fourth-order valence-electron chi connectivity index (χ4n) is 2.64. The summed E-state index contributed by atoms with van der Waals surface area (Å²) in [7, 11) is 0. The first-order valence-electron chi connectivity index (χ1n) is 6.99. The van der Waals surface area contributed by atoms with Crippen LogP contribution in [0.5, 0.6) is 0 Å². The van der Waals surface area contributed by atoms with Crippen LogP contribution in [0.25, 0.3) is 11.0 Å². The van der Waals surface area contributed by atoms with Crippen LogP contribution in [0.4, 0.5) is 0 Å². The number of para-hydroxylation sites is 1. The molecule has 0 aliphatic heterocycles. The van der Waals surface area contributed by atoms with Crippen LogP contribution in [0.2, 0.25) is 0 Å². The molecule has 1 N–H and O–H groups in total. The largest absolute Gasteiger partial charge is 0.458 e. The molecule has 1 saturated carbocycles. The van der Waals surface area contributed by atoms with Gasteiger partial charge in [-0.1, -0.05) is 18.2 Å². The summed E-state index contributed by atoms with van der Waals surface area (Å²) in [6.45, 7) is 4.60. The molecule has 1 aliphatic carbocycles. The van der Waals surface area contributed by atoms with Crippen molar-refractivity contribution in [2.24, 2.45) is 5.92 Å². The van der Waals surface area contributed by atoms with Crippen molar-refractivity contribution in [1.82, 2.24) is 0 Å². The van der Waals surface area contributed by atoms with Gasteiger partial charge < -0.3 is 14.3 Å². The van der Waals surface area contributed by atoms with E-state index in [1.807, 2.05) is 38.1 Å². The minimum absolute atomic E-state index is 0.133. The molecule has 0 saturated heterocycles. The molecule has 1 fully saturated rings. The van der Waals surface area contributed by atoms with Crippen molar-refractivity contribution in [3.8, 4) is 0 Å². The summed E-state index contributed by atoms with van der Waals surface area (Å²) in [5, 5.41) is 11.5. The van der Waals surface area contributed by atoms with Gasteiger partial charge in [0.05, 0.1) is 6.10 Å². The normalized spacial score (nSPS) is 18.7. The SMILES string of the molecule is CCOC(C1CC1)C(O)c1cc2cccc(C)c2o1. The van der Waals surface area contributed by atoms with Crippen LogP contribution in [0.1, 0.15) is 37.2 Å². The van der Waals surface area contributed by atoms with Crippen molar-refractivity contribution < 1.29 is 14.3 Å². The Bertz CT molecular complexity index is 568. The fraction of sp³-hybridized carbons (Fsp3) is 0.500. The second-order valence-corrected chi connectivity index (χ2v) is 5.34. The quantitative estimate of drug-likeness (QED) is 0.893. The van der Waals surface area contributed by atoms with E-state index in [2.05, 4.69) is 0 Å². The van der Waals surface area contributed by atoms with E-state index in [0.29, 0.717) is 18.3 Å². The summed E-state index contributed by atoms with van der Waals surface area (Å²) in [5.41, 5.74) is 1.96. The van der Waals surface area contributed by atoms with Crippen LogP contribution in [0, 0.1) is 12.8 Å². The predicted molar refractivity (Wildman–Crippen MR) is 74.0 cm³/mol. The van der Waals surface area contributed by atoms with Crippen molar-refractivity contribution in [3.63, 3.8) is 0 Å². The first-order valence-corrected chi connectivity index (χ1v) is 6.99. The zero-order valence-corrected chi connectivity index (χ0v) is 11.4. The highest BCUT2D eigenvalue weighted by Crippen LogP contribution is 2.41. The van der Waals surface area contributed by atoms with E-state index in [9.17, 15) is 5.11 Å². The standard InChI is InChI=1S/C16H20O3/c1-3-18-16(11-7-8-11)14(17)13-9-12-6-4-5-10(2)15(12)19-13/h4-6,9,11,14,16-17H,3,7-8H2,1-2H3. The predicted octanol–water partition coefficient (Wildman–Crippen LogP) is 3.59. The lowest BCUT2D eigenvalue weighted by molar-refractivity contribution is -0.0538. The third-order valence-electron chi connectivity index (χ3n) is 3.81. The number of fused-ring (bicyclic) bond motifs is 1. The zero-order chi connectivity index (χ0) is 13.4. The summed E-state index contributed by atoms with van der Waals surface area (Å²) < 4.78 is 11.5. The average Bonchev–Trinajstić information content (AvgIpc) is 3.14. The molecule has 102 valence electrons. The number of furan rings is 1. The molecule has 1 aliphatic rings. The number of aliphatic hydroxyl groups is 1. The lowest BCUT2D eigenvalue weighted by Gasteiger charge is -2.20. The Kier molecular flexibility index (Phi) is 3.33. The van der Waals surface area contributed by atoms with Crippen LogP contribution in [-0.4, -0.2) is 17.8 Å². The molecule has 1 heterocycles. The van der Waals surface area contributed by atoms with Crippen LogP contribution in [0.15, 0.2) is 28.7 Å². The first kappa shape index (κ1) is 12.7. The first-order chi connectivity index (χ1) is 9.20. The molecule has 3 rings (SSSR count). The smallest absolute Gasteiger partial charge is 0.138 e. The number of hydrogen-bond acceptors (Lipinski definition) is 3. The van der Waals surface area contributed by atoms with E-state index < -0.39 is 6.10 Å². The second-order valence-electron chi connectivity index (χ2n) is 5.34. The molecule has 1 aromatic heterocycles. The van der Waals surface area contributed by atoms with Crippen molar-refractivity contribution in [2.75, 3.05) is 6.61 Å². The fourth-order valence-corrected chi connectivity index (χ4v) is 2.64. The van der Waals surface area contributed by atoms with Crippen LogP contribution >= 0.6 is 0 Å². The molecule has 19 heavy (non-hydrogen) atoms. The van der Waals surface area contributed by atoms with Gasteiger partial charge in [-0.2, -0.15) is 0 Å².